The van der Waals surface area contributed by atoms with E-state index in [0.29, 0.717) is 39.2 Å². The van der Waals surface area contributed by atoms with Gasteiger partial charge in [0.25, 0.3) is 5.91 Å². The molecular formula is C26H23ClN2O6. The van der Waals surface area contributed by atoms with Crippen LogP contribution in [0.4, 0.5) is 11.4 Å². The lowest BCUT2D eigenvalue weighted by atomic mass is 9.90. The zero-order chi connectivity index (χ0) is 24.7. The van der Waals surface area contributed by atoms with E-state index in [1.54, 1.807) is 41.5 Å². The number of halogens is 1. The third-order valence-corrected chi connectivity index (χ3v) is 6.49. The van der Waals surface area contributed by atoms with E-state index in [4.69, 9.17) is 30.6 Å². The summed E-state index contributed by atoms with van der Waals surface area (Å²) in [5.74, 6) is -0.301. The zero-order valence-corrected chi connectivity index (χ0v) is 20.1. The highest BCUT2D eigenvalue weighted by Gasteiger charge is 2.60. The van der Waals surface area contributed by atoms with Gasteiger partial charge in [0.05, 0.1) is 38.7 Å². The van der Waals surface area contributed by atoms with E-state index in [2.05, 4.69) is 0 Å². The predicted octanol–water partition coefficient (Wildman–Crippen LogP) is 4.42. The molecule has 3 aromatic rings. The second-order valence-corrected chi connectivity index (χ2v) is 8.54. The van der Waals surface area contributed by atoms with E-state index in [9.17, 15) is 9.59 Å². The number of carbonyl (C=O) groups excluding carboxylic acids is 2. The van der Waals surface area contributed by atoms with Crippen molar-refractivity contribution in [2.75, 3.05) is 31.3 Å². The van der Waals surface area contributed by atoms with Crippen LogP contribution in [-0.4, -0.2) is 39.2 Å². The highest BCUT2D eigenvalue weighted by molar-refractivity contribution is 6.31. The summed E-state index contributed by atoms with van der Waals surface area (Å²) < 4.78 is 16.5. The van der Waals surface area contributed by atoms with E-state index >= 15 is 0 Å². The maximum Gasteiger partial charge on any atom is 0.266 e. The predicted molar refractivity (Wildman–Crippen MR) is 130 cm³/mol. The van der Waals surface area contributed by atoms with Crippen LogP contribution in [0.1, 0.15) is 11.6 Å². The molecule has 0 spiro atoms. The largest absolute Gasteiger partial charge is 0.493 e. The van der Waals surface area contributed by atoms with Gasteiger partial charge in [0, 0.05) is 5.02 Å². The minimum absolute atomic E-state index is 0.362. The van der Waals surface area contributed by atoms with Crippen LogP contribution < -0.4 is 24.2 Å². The first kappa shape index (κ1) is 23.0. The molecule has 9 heteroatoms. The van der Waals surface area contributed by atoms with E-state index in [1.807, 2.05) is 30.3 Å². The van der Waals surface area contributed by atoms with Crippen LogP contribution in [0.15, 0.2) is 66.7 Å². The Morgan fingerprint density at radius 3 is 2.00 bits per heavy atom. The van der Waals surface area contributed by atoms with Gasteiger partial charge in [-0.1, -0.05) is 29.8 Å². The number of carbonyl (C=O) groups is 2. The van der Waals surface area contributed by atoms with Gasteiger partial charge >= 0.3 is 0 Å². The molecular weight excluding hydrogens is 472 g/mol. The van der Waals surface area contributed by atoms with E-state index in [1.165, 1.54) is 26.2 Å². The van der Waals surface area contributed by atoms with Crippen molar-refractivity contribution in [1.29, 1.82) is 0 Å². The molecule has 0 aliphatic carbocycles. The number of para-hydroxylation sites is 1. The molecule has 3 atom stereocenters. The van der Waals surface area contributed by atoms with Crippen molar-refractivity contribution >= 4 is 34.8 Å². The highest BCUT2D eigenvalue weighted by Crippen LogP contribution is 2.50. The van der Waals surface area contributed by atoms with Crippen LogP contribution in [0, 0.1) is 5.92 Å². The fourth-order valence-corrected chi connectivity index (χ4v) is 4.79. The summed E-state index contributed by atoms with van der Waals surface area (Å²) >= 11 is 6.01. The first-order valence-corrected chi connectivity index (χ1v) is 11.3. The number of anilines is 2. The van der Waals surface area contributed by atoms with Crippen molar-refractivity contribution in [3.05, 3.63) is 77.3 Å². The average Bonchev–Trinajstić information content (AvgIpc) is 3.40. The van der Waals surface area contributed by atoms with Crippen molar-refractivity contribution in [2.24, 2.45) is 5.92 Å². The molecule has 3 unspecified atom stereocenters. The molecule has 2 aliphatic heterocycles. The van der Waals surface area contributed by atoms with Gasteiger partial charge in [-0.25, -0.2) is 9.96 Å². The number of rotatable bonds is 6. The van der Waals surface area contributed by atoms with Gasteiger partial charge in [-0.05, 0) is 54.1 Å². The molecule has 5 rings (SSSR count). The van der Waals surface area contributed by atoms with Crippen molar-refractivity contribution in [2.45, 2.75) is 12.1 Å². The normalized spacial score (nSPS) is 21.3. The molecule has 2 aliphatic rings. The van der Waals surface area contributed by atoms with Gasteiger partial charge in [0.1, 0.15) is 5.92 Å². The average molecular weight is 495 g/mol. The second kappa shape index (κ2) is 9.13. The van der Waals surface area contributed by atoms with E-state index in [-0.39, 0.29) is 5.91 Å². The van der Waals surface area contributed by atoms with Crippen molar-refractivity contribution in [3.63, 3.8) is 0 Å². The number of imide groups is 1. The molecule has 2 amide bonds. The second-order valence-electron chi connectivity index (χ2n) is 8.10. The van der Waals surface area contributed by atoms with Crippen LogP contribution in [-0.2, 0) is 14.4 Å². The number of methoxy groups -OCH3 is 3. The Morgan fingerprint density at radius 2 is 1.43 bits per heavy atom. The Hall–Kier alpha value is -3.75. The summed E-state index contributed by atoms with van der Waals surface area (Å²) in [5.41, 5.74) is 1.83. The molecule has 0 aromatic heterocycles. The molecule has 35 heavy (non-hydrogen) atoms. The van der Waals surface area contributed by atoms with E-state index in [0.717, 1.165) is 0 Å². The summed E-state index contributed by atoms with van der Waals surface area (Å²) in [7, 11) is 4.57. The first-order chi connectivity index (χ1) is 17.0. The fourth-order valence-electron chi connectivity index (χ4n) is 4.67. The maximum atomic E-state index is 13.8. The molecule has 2 saturated heterocycles. The molecule has 0 N–H and O–H groups in total. The number of fused-ring (bicyclic) bond motifs is 1. The minimum Gasteiger partial charge on any atom is -0.493 e. The van der Waals surface area contributed by atoms with Crippen LogP contribution in [0.2, 0.25) is 5.02 Å². The number of benzene rings is 3. The van der Waals surface area contributed by atoms with Gasteiger partial charge < -0.3 is 14.2 Å². The molecule has 8 nitrogen and oxygen atoms in total. The van der Waals surface area contributed by atoms with Crippen molar-refractivity contribution in [1.82, 2.24) is 0 Å². The number of amides is 2. The summed E-state index contributed by atoms with van der Waals surface area (Å²) in [5, 5.41) is 2.13. The molecule has 0 radical (unpaired) electrons. The summed E-state index contributed by atoms with van der Waals surface area (Å²) in [4.78, 5) is 34.5. The zero-order valence-electron chi connectivity index (χ0n) is 19.3. The summed E-state index contributed by atoms with van der Waals surface area (Å²) in [6, 6.07) is 18.8. The van der Waals surface area contributed by atoms with Crippen LogP contribution >= 0.6 is 11.6 Å². The number of hydrogen-bond donors (Lipinski definition) is 0. The molecule has 0 saturated carbocycles. The molecule has 0 bridgehead atoms. The third-order valence-electron chi connectivity index (χ3n) is 6.24. The van der Waals surface area contributed by atoms with Gasteiger partial charge in [-0.3, -0.25) is 14.4 Å². The Bertz CT molecular complexity index is 1240. The number of hydrogen-bond acceptors (Lipinski definition) is 7. The monoisotopic (exact) mass is 494 g/mol. The lowest BCUT2D eigenvalue weighted by molar-refractivity contribution is -0.126. The van der Waals surface area contributed by atoms with Crippen molar-refractivity contribution in [3.8, 4) is 17.2 Å². The van der Waals surface area contributed by atoms with Crippen molar-refractivity contribution < 1.29 is 28.6 Å². The quantitative estimate of drug-likeness (QED) is 0.469. The topological polar surface area (TPSA) is 77.5 Å². The van der Waals surface area contributed by atoms with Crippen LogP contribution in [0.3, 0.4) is 0 Å². The lowest BCUT2D eigenvalue weighted by Gasteiger charge is -2.29. The molecule has 180 valence electrons. The highest BCUT2D eigenvalue weighted by atomic mass is 35.5. The van der Waals surface area contributed by atoms with Gasteiger partial charge in [-0.15, -0.1) is 0 Å². The molecule has 3 aromatic carbocycles. The lowest BCUT2D eigenvalue weighted by Crippen LogP contribution is -2.37. The fraction of sp³-hybridized carbons (Fsp3) is 0.231. The smallest absolute Gasteiger partial charge is 0.266 e. The van der Waals surface area contributed by atoms with Gasteiger partial charge in [-0.2, -0.15) is 0 Å². The number of nitrogens with zero attached hydrogens (tertiary/aromatic N) is 2. The van der Waals surface area contributed by atoms with Crippen LogP contribution in [0.5, 0.6) is 17.2 Å². The van der Waals surface area contributed by atoms with Crippen LogP contribution in [0.25, 0.3) is 0 Å². The summed E-state index contributed by atoms with van der Waals surface area (Å²) in [6.45, 7) is 0. The van der Waals surface area contributed by atoms with Gasteiger partial charge in [0.15, 0.2) is 17.6 Å². The maximum absolute atomic E-state index is 13.8. The standard InChI is InChI=1S/C26H23ClN2O6/c1-32-19-13-15(14-20(33-2)23(19)34-3)22-21-24(35-29(22)18-7-5-4-6-8-18)26(31)28(25(21)30)17-11-9-16(27)10-12-17/h4-14,21-22,24H,1-3H3. The minimum atomic E-state index is -0.998. The molecule has 2 heterocycles. The first-order valence-electron chi connectivity index (χ1n) is 10.9. The SMILES string of the molecule is COc1cc(C2C3C(=O)N(c4ccc(Cl)cc4)C(=O)C3ON2c2ccccc2)cc(OC)c1OC. The molecule has 2 fully saturated rings. The van der Waals surface area contributed by atoms with Gasteiger partial charge in [0.2, 0.25) is 11.7 Å². The Morgan fingerprint density at radius 1 is 0.800 bits per heavy atom. The van der Waals surface area contributed by atoms with E-state index < -0.39 is 24.0 Å². The third kappa shape index (κ3) is 3.75. The summed E-state index contributed by atoms with van der Waals surface area (Å²) in [6.07, 6.45) is -0.998. The Balaban J connectivity index is 1.64. The Labute approximate surface area is 207 Å². The Kier molecular flexibility index (Phi) is 6.00. The number of ether oxygens (including phenoxy) is 3. The number of hydroxylamine groups is 1.